The fourth-order valence-corrected chi connectivity index (χ4v) is 4.82. The Morgan fingerprint density at radius 2 is 1.72 bits per heavy atom. The van der Waals surface area contributed by atoms with Crippen molar-refractivity contribution in [3.63, 3.8) is 0 Å². The minimum Gasteiger partial charge on any atom is -0.491 e. The zero-order valence-electron chi connectivity index (χ0n) is 19.2. The molecule has 2 aliphatic heterocycles. The first kappa shape index (κ1) is 21.7. The van der Waals surface area contributed by atoms with Crippen LogP contribution in [0.4, 0.5) is 5.69 Å². The Bertz CT molecular complexity index is 830. The first-order valence-corrected chi connectivity index (χ1v) is 12.4. The number of rotatable bonds is 10. The third-order valence-electron chi connectivity index (χ3n) is 7.29. The number of benzene rings is 1. The molecule has 2 unspecified atom stereocenters. The summed E-state index contributed by atoms with van der Waals surface area (Å²) in [7, 11) is 0. The van der Waals surface area contributed by atoms with E-state index in [-0.39, 0.29) is 23.8 Å². The Labute approximate surface area is 191 Å². The Morgan fingerprint density at radius 1 is 0.969 bits per heavy atom. The molecule has 2 aliphatic carbocycles. The molecule has 5 rings (SSSR count). The standard InChI is InChI=1S/C25H36N4O3/c1-18-23(26-20-9-10-20)25(31)29(24(18)30)12-4-11-27-13-15-28(16-14-27)21-5-2-3-6-22(21)32-17-19-7-8-19/h2-3,5-6,18-20,23,26H,4,7-17H2,1H3. The molecule has 4 fully saturated rings. The third-order valence-corrected chi connectivity index (χ3v) is 7.29. The molecule has 2 saturated carbocycles. The van der Waals surface area contributed by atoms with Crippen LogP contribution in [-0.2, 0) is 9.59 Å². The van der Waals surface area contributed by atoms with Crippen LogP contribution in [0.2, 0.25) is 0 Å². The van der Waals surface area contributed by atoms with E-state index in [1.54, 1.807) is 0 Å². The third kappa shape index (κ3) is 4.94. The van der Waals surface area contributed by atoms with Crippen LogP contribution in [0.25, 0.3) is 0 Å². The minimum absolute atomic E-state index is 0.0132. The lowest BCUT2D eigenvalue weighted by molar-refractivity contribution is -0.139. The van der Waals surface area contributed by atoms with Gasteiger partial charge >= 0.3 is 0 Å². The molecule has 0 radical (unpaired) electrons. The number of imide groups is 1. The highest BCUT2D eigenvalue weighted by Crippen LogP contribution is 2.33. The lowest BCUT2D eigenvalue weighted by Gasteiger charge is -2.37. The zero-order valence-corrected chi connectivity index (χ0v) is 19.2. The molecule has 174 valence electrons. The van der Waals surface area contributed by atoms with Crippen LogP contribution in [0.1, 0.15) is 39.0 Å². The Hall–Kier alpha value is -2.12. The molecule has 1 N–H and O–H groups in total. The van der Waals surface area contributed by atoms with Gasteiger partial charge in [0.2, 0.25) is 11.8 Å². The highest BCUT2D eigenvalue weighted by molar-refractivity contribution is 6.06. The molecule has 7 heteroatoms. The number of hydrogen-bond donors (Lipinski definition) is 1. The van der Waals surface area contributed by atoms with E-state index >= 15 is 0 Å². The number of ether oxygens (including phenoxy) is 1. The van der Waals surface area contributed by atoms with Gasteiger partial charge in [0.05, 0.1) is 24.3 Å². The molecule has 2 saturated heterocycles. The summed E-state index contributed by atoms with van der Waals surface area (Å²) < 4.78 is 6.10. The maximum absolute atomic E-state index is 12.7. The molecule has 2 amide bonds. The normalized spacial score (nSPS) is 26.8. The van der Waals surface area contributed by atoms with E-state index in [4.69, 9.17) is 4.74 Å². The van der Waals surface area contributed by atoms with E-state index in [1.165, 1.54) is 23.4 Å². The number of amides is 2. The lowest BCUT2D eigenvalue weighted by atomic mass is 10.1. The van der Waals surface area contributed by atoms with E-state index in [1.807, 2.05) is 6.92 Å². The van der Waals surface area contributed by atoms with Crippen LogP contribution in [-0.4, -0.2) is 79.6 Å². The van der Waals surface area contributed by atoms with Crippen molar-refractivity contribution in [1.29, 1.82) is 0 Å². The van der Waals surface area contributed by atoms with Gasteiger partial charge in [-0.1, -0.05) is 19.1 Å². The van der Waals surface area contributed by atoms with E-state index in [9.17, 15) is 9.59 Å². The van der Waals surface area contributed by atoms with Gasteiger partial charge in [-0.05, 0) is 56.7 Å². The van der Waals surface area contributed by atoms with Gasteiger partial charge in [-0.2, -0.15) is 0 Å². The molecule has 0 spiro atoms. The summed E-state index contributed by atoms with van der Waals surface area (Å²) in [5.41, 5.74) is 1.20. The molecular weight excluding hydrogens is 404 g/mol. The maximum atomic E-state index is 12.7. The van der Waals surface area contributed by atoms with Gasteiger partial charge in [-0.15, -0.1) is 0 Å². The largest absolute Gasteiger partial charge is 0.491 e. The molecule has 0 aromatic heterocycles. The zero-order chi connectivity index (χ0) is 22.1. The fraction of sp³-hybridized carbons (Fsp3) is 0.680. The van der Waals surface area contributed by atoms with Gasteiger partial charge in [0, 0.05) is 38.8 Å². The van der Waals surface area contributed by atoms with Gasteiger partial charge < -0.3 is 15.0 Å². The van der Waals surface area contributed by atoms with Crippen LogP contribution >= 0.6 is 0 Å². The molecule has 2 heterocycles. The summed E-state index contributed by atoms with van der Waals surface area (Å²) >= 11 is 0. The number of nitrogens with one attached hydrogen (secondary N) is 1. The average molecular weight is 441 g/mol. The second kappa shape index (κ2) is 9.40. The van der Waals surface area contributed by atoms with E-state index in [0.29, 0.717) is 12.6 Å². The van der Waals surface area contributed by atoms with Gasteiger partial charge in [0.15, 0.2) is 0 Å². The number of piperazine rings is 1. The van der Waals surface area contributed by atoms with Gasteiger partial charge in [-0.25, -0.2) is 0 Å². The Balaban J connectivity index is 1.07. The van der Waals surface area contributed by atoms with Crippen molar-refractivity contribution >= 4 is 17.5 Å². The molecule has 1 aromatic carbocycles. The van der Waals surface area contributed by atoms with Crippen molar-refractivity contribution in [2.24, 2.45) is 11.8 Å². The summed E-state index contributed by atoms with van der Waals surface area (Å²) in [6, 6.07) is 8.49. The number of nitrogens with zero attached hydrogens (tertiary/aromatic N) is 3. The summed E-state index contributed by atoms with van der Waals surface area (Å²) in [4.78, 5) is 31.6. The highest BCUT2D eigenvalue weighted by atomic mass is 16.5. The van der Waals surface area contributed by atoms with E-state index < -0.39 is 0 Å². The van der Waals surface area contributed by atoms with Gasteiger partial charge in [-0.3, -0.25) is 19.4 Å². The van der Waals surface area contributed by atoms with Crippen LogP contribution < -0.4 is 15.0 Å². The lowest BCUT2D eigenvalue weighted by Crippen LogP contribution is -2.47. The number of carbonyl (C=O) groups is 2. The van der Waals surface area contributed by atoms with E-state index in [2.05, 4.69) is 39.4 Å². The molecular formula is C25H36N4O3. The highest BCUT2D eigenvalue weighted by Gasteiger charge is 2.46. The average Bonchev–Trinajstić information content (AvgIpc) is 3.73. The fourth-order valence-electron chi connectivity index (χ4n) is 4.82. The molecule has 32 heavy (non-hydrogen) atoms. The predicted octanol–water partition coefficient (Wildman–Crippen LogP) is 2.11. The molecule has 4 aliphatic rings. The SMILES string of the molecule is CC1C(=O)N(CCCN2CCN(c3ccccc3OCC3CC3)CC2)C(=O)C1NC1CC1. The minimum atomic E-state index is -0.319. The van der Waals surface area contributed by atoms with Crippen molar-refractivity contribution in [2.45, 2.75) is 51.1 Å². The smallest absolute Gasteiger partial charge is 0.247 e. The van der Waals surface area contributed by atoms with Crippen LogP contribution in [0.15, 0.2) is 24.3 Å². The van der Waals surface area contributed by atoms with Gasteiger partial charge in [0.25, 0.3) is 0 Å². The monoisotopic (exact) mass is 440 g/mol. The van der Waals surface area contributed by atoms with Crippen molar-refractivity contribution in [2.75, 3.05) is 50.8 Å². The number of likely N-dealkylation sites (tertiary alicyclic amines) is 1. The van der Waals surface area contributed by atoms with Crippen molar-refractivity contribution in [3.8, 4) is 5.75 Å². The van der Waals surface area contributed by atoms with Crippen molar-refractivity contribution in [1.82, 2.24) is 15.1 Å². The second-order valence-corrected chi connectivity index (χ2v) is 9.94. The maximum Gasteiger partial charge on any atom is 0.247 e. The Kier molecular flexibility index (Phi) is 6.37. The number of para-hydroxylation sites is 2. The molecule has 0 bridgehead atoms. The number of hydrogen-bond acceptors (Lipinski definition) is 6. The topological polar surface area (TPSA) is 65.1 Å². The number of anilines is 1. The van der Waals surface area contributed by atoms with Gasteiger partial charge in [0.1, 0.15) is 5.75 Å². The van der Waals surface area contributed by atoms with Crippen molar-refractivity contribution in [3.05, 3.63) is 24.3 Å². The molecule has 2 atom stereocenters. The summed E-state index contributed by atoms with van der Waals surface area (Å²) in [6.07, 6.45) is 5.67. The second-order valence-electron chi connectivity index (χ2n) is 9.94. The predicted molar refractivity (Wildman–Crippen MR) is 124 cm³/mol. The Morgan fingerprint density at radius 3 is 2.44 bits per heavy atom. The summed E-state index contributed by atoms with van der Waals surface area (Å²) in [6.45, 7) is 8.07. The first-order valence-electron chi connectivity index (χ1n) is 12.4. The van der Waals surface area contributed by atoms with E-state index in [0.717, 1.165) is 70.3 Å². The van der Waals surface area contributed by atoms with Crippen LogP contribution in [0.3, 0.4) is 0 Å². The molecule has 1 aromatic rings. The quantitative estimate of drug-likeness (QED) is 0.563. The molecule has 7 nitrogen and oxygen atoms in total. The first-order chi connectivity index (χ1) is 15.6. The van der Waals surface area contributed by atoms with Crippen LogP contribution in [0.5, 0.6) is 5.75 Å². The van der Waals surface area contributed by atoms with Crippen LogP contribution in [0, 0.1) is 11.8 Å². The number of carbonyl (C=O) groups excluding carboxylic acids is 2. The summed E-state index contributed by atoms with van der Waals surface area (Å²) in [5, 5.41) is 3.36. The summed E-state index contributed by atoms with van der Waals surface area (Å²) in [5.74, 6) is 1.47. The van der Waals surface area contributed by atoms with Crippen molar-refractivity contribution < 1.29 is 14.3 Å².